The maximum Gasteiger partial charge on any atom is 0.137 e. The lowest BCUT2D eigenvalue weighted by Gasteiger charge is -2.17. The average Bonchev–Trinajstić information content (AvgIpc) is 2.90. The van der Waals surface area contributed by atoms with Crippen LogP contribution in [0.3, 0.4) is 0 Å². The van der Waals surface area contributed by atoms with Gasteiger partial charge in [-0.15, -0.1) is 0 Å². The molecule has 1 aromatic carbocycles. The van der Waals surface area contributed by atoms with E-state index in [1.54, 1.807) is 6.26 Å². The maximum atomic E-state index is 6.01. The van der Waals surface area contributed by atoms with Crippen molar-refractivity contribution in [1.29, 1.82) is 0 Å². The standard InChI is InChI=1S/C15H18O2/c1-3-12(4-2)17-15-9-6-5-8-13(15)14-10-7-11-16-14/h5-12H,3-4H2,1-2H3. The van der Waals surface area contributed by atoms with Gasteiger partial charge >= 0.3 is 0 Å². The molecule has 1 heterocycles. The minimum Gasteiger partial charge on any atom is -0.490 e. The molecule has 1 aromatic heterocycles. The lowest BCUT2D eigenvalue weighted by molar-refractivity contribution is 0.193. The first-order chi connectivity index (χ1) is 8.35. The molecule has 0 atom stereocenters. The van der Waals surface area contributed by atoms with Crippen LogP contribution in [-0.4, -0.2) is 6.10 Å². The molecule has 17 heavy (non-hydrogen) atoms. The third-order valence-electron chi connectivity index (χ3n) is 2.88. The molecule has 0 fully saturated rings. The number of furan rings is 1. The highest BCUT2D eigenvalue weighted by Crippen LogP contribution is 2.31. The van der Waals surface area contributed by atoms with Crippen LogP contribution in [0.15, 0.2) is 47.1 Å². The number of hydrogen-bond acceptors (Lipinski definition) is 2. The van der Waals surface area contributed by atoms with Gasteiger partial charge in [0.1, 0.15) is 11.5 Å². The van der Waals surface area contributed by atoms with E-state index in [2.05, 4.69) is 13.8 Å². The first-order valence-electron chi connectivity index (χ1n) is 6.14. The first-order valence-corrected chi connectivity index (χ1v) is 6.14. The lowest BCUT2D eigenvalue weighted by atomic mass is 10.1. The fourth-order valence-corrected chi connectivity index (χ4v) is 1.84. The Morgan fingerprint density at radius 1 is 1.06 bits per heavy atom. The van der Waals surface area contributed by atoms with Crippen LogP contribution in [0.2, 0.25) is 0 Å². The van der Waals surface area contributed by atoms with Crippen LogP contribution >= 0.6 is 0 Å². The molecule has 0 aliphatic rings. The molecule has 2 aromatic rings. The summed E-state index contributed by atoms with van der Waals surface area (Å²) in [4.78, 5) is 0. The summed E-state index contributed by atoms with van der Waals surface area (Å²) in [6.45, 7) is 4.29. The summed E-state index contributed by atoms with van der Waals surface area (Å²) in [7, 11) is 0. The molecule has 0 N–H and O–H groups in total. The summed E-state index contributed by atoms with van der Waals surface area (Å²) in [6, 6.07) is 11.9. The molecule has 0 amide bonds. The Labute approximate surface area is 102 Å². The van der Waals surface area contributed by atoms with E-state index >= 15 is 0 Å². The zero-order chi connectivity index (χ0) is 12.1. The largest absolute Gasteiger partial charge is 0.490 e. The Kier molecular flexibility index (Phi) is 3.86. The number of ether oxygens (including phenoxy) is 1. The van der Waals surface area contributed by atoms with Gasteiger partial charge in [0.05, 0.1) is 17.9 Å². The van der Waals surface area contributed by atoms with Crippen LogP contribution in [0.5, 0.6) is 5.75 Å². The molecule has 0 spiro atoms. The summed E-state index contributed by atoms with van der Waals surface area (Å²) in [5.74, 6) is 1.75. The molecule has 90 valence electrons. The summed E-state index contributed by atoms with van der Waals surface area (Å²) in [5.41, 5.74) is 1.02. The molecule has 2 heteroatoms. The van der Waals surface area contributed by atoms with Gasteiger partial charge in [-0.05, 0) is 37.1 Å². The number of hydrogen-bond donors (Lipinski definition) is 0. The van der Waals surface area contributed by atoms with E-state index in [0.717, 1.165) is 29.9 Å². The van der Waals surface area contributed by atoms with Crippen molar-refractivity contribution >= 4 is 0 Å². The number of rotatable bonds is 5. The van der Waals surface area contributed by atoms with Crippen molar-refractivity contribution in [3.8, 4) is 17.1 Å². The van der Waals surface area contributed by atoms with Gasteiger partial charge < -0.3 is 9.15 Å². The molecule has 0 radical (unpaired) electrons. The molecule has 0 aliphatic carbocycles. The summed E-state index contributed by atoms with van der Waals surface area (Å²) >= 11 is 0. The molecular weight excluding hydrogens is 212 g/mol. The fraction of sp³-hybridized carbons (Fsp3) is 0.333. The van der Waals surface area contributed by atoms with E-state index in [4.69, 9.17) is 9.15 Å². The highest BCUT2D eigenvalue weighted by Gasteiger charge is 2.11. The molecular formula is C15H18O2. The van der Waals surface area contributed by atoms with Crippen molar-refractivity contribution in [1.82, 2.24) is 0 Å². The molecule has 0 aliphatic heterocycles. The van der Waals surface area contributed by atoms with Gasteiger partial charge in [0.25, 0.3) is 0 Å². The topological polar surface area (TPSA) is 22.4 Å². The van der Waals surface area contributed by atoms with Gasteiger partial charge in [0, 0.05) is 0 Å². The molecule has 0 unspecified atom stereocenters. The van der Waals surface area contributed by atoms with Gasteiger partial charge in [-0.3, -0.25) is 0 Å². The molecule has 0 saturated heterocycles. The Morgan fingerprint density at radius 3 is 2.47 bits per heavy atom. The normalized spacial score (nSPS) is 10.8. The summed E-state index contributed by atoms with van der Waals surface area (Å²) in [6.07, 6.45) is 3.99. The van der Waals surface area contributed by atoms with Crippen molar-refractivity contribution in [2.75, 3.05) is 0 Å². The van der Waals surface area contributed by atoms with Gasteiger partial charge in [-0.1, -0.05) is 26.0 Å². The lowest BCUT2D eigenvalue weighted by Crippen LogP contribution is -2.14. The molecule has 2 rings (SSSR count). The third kappa shape index (κ3) is 2.70. The monoisotopic (exact) mass is 230 g/mol. The van der Waals surface area contributed by atoms with Crippen molar-refractivity contribution in [2.45, 2.75) is 32.8 Å². The third-order valence-corrected chi connectivity index (χ3v) is 2.88. The zero-order valence-corrected chi connectivity index (χ0v) is 10.3. The summed E-state index contributed by atoms with van der Waals surface area (Å²) in [5, 5.41) is 0. The second kappa shape index (κ2) is 5.58. The van der Waals surface area contributed by atoms with Gasteiger partial charge in [0.2, 0.25) is 0 Å². The Hall–Kier alpha value is -1.70. The highest BCUT2D eigenvalue weighted by molar-refractivity contribution is 5.65. The Bertz CT molecular complexity index is 442. The van der Waals surface area contributed by atoms with E-state index in [1.807, 2.05) is 36.4 Å². The van der Waals surface area contributed by atoms with E-state index < -0.39 is 0 Å². The minimum absolute atomic E-state index is 0.270. The van der Waals surface area contributed by atoms with Gasteiger partial charge in [0.15, 0.2) is 0 Å². The van der Waals surface area contributed by atoms with Gasteiger partial charge in [-0.2, -0.15) is 0 Å². The minimum atomic E-state index is 0.270. The number of benzene rings is 1. The van der Waals surface area contributed by atoms with E-state index in [0.29, 0.717) is 0 Å². The first kappa shape index (κ1) is 11.8. The fourth-order valence-electron chi connectivity index (χ4n) is 1.84. The number of para-hydroxylation sites is 1. The van der Waals surface area contributed by atoms with Crippen LogP contribution in [0.4, 0.5) is 0 Å². The zero-order valence-electron chi connectivity index (χ0n) is 10.3. The SMILES string of the molecule is CCC(CC)Oc1ccccc1-c1ccco1. The van der Waals surface area contributed by atoms with Crippen LogP contribution in [-0.2, 0) is 0 Å². The Balaban J connectivity index is 2.28. The van der Waals surface area contributed by atoms with E-state index in [9.17, 15) is 0 Å². The quantitative estimate of drug-likeness (QED) is 0.753. The second-order valence-electron chi connectivity index (χ2n) is 4.03. The highest BCUT2D eigenvalue weighted by atomic mass is 16.5. The smallest absolute Gasteiger partial charge is 0.137 e. The predicted molar refractivity (Wildman–Crippen MR) is 69.1 cm³/mol. The van der Waals surface area contributed by atoms with Crippen LogP contribution in [0.1, 0.15) is 26.7 Å². The van der Waals surface area contributed by atoms with Crippen LogP contribution in [0.25, 0.3) is 11.3 Å². The van der Waals surface area contributed by atoms with Crippen molar-refractivity contribution in [3.63, 3.8) is 0 Å². The average molecular weight is 230 g/mol. The second-order valence-corrected chi connectivity index (χ2v) is 4.03. The maximum absolute atomic E-state index is 6.01. The van der Waals surface area contributed by atoms with E-state index in [-0.39, 0.29) is 6.10 Å². The van der Waals surface area contributed by atoms with Crippen molar-refractivity contribution in [3.05, 3.63) is 42.7 Å². The summed E-state index contributed by atoms with van der Waals surface area (Å²) < 4.78 is 11.4. The molecule has 0 bridgehead atoms. The predicted octanol–water partition coefficient (Wildman–Crippen LogP) is 4.51. The van der Waals surface area contributed by atoms with Crippen LogP contribution < -0.4 is 4.74 Å². The molecule has 2 nitrogen and oxygen atoms in total. The van der Waals surface area contributed by atoms with Crippen molar-refractivity contribution in [2.24, 2.45) is 0 Å². The van der Waals surface area contributed by atoms with E-state index in [1.165, 1.54) is 0 Å². The van der Waals surface area contributed by atoms with Crippen molar-refractivity contribution < 1.29 is 9.15 Å². The Morgan fingerprint density at radius 2 is 1.82 bits per heavy atom. The van der Waals surface area contributed by atoms with Crippen LogP contribution in [0, 0.1) is 0 Å². The van der Waals surface area contributed by atoms with Gasteiger partial charge in [-0.25, -0.2) is 0 Å². The molecule has 0 saturated carbocycles.